The van der Waals surface area contributed by atoms with Crippen molar-refractivity contribution in [3.05, 3.63) is 29.8 Å². The normalized spacial score (nSPS) is 14.8. The van der Waals surface area contributed by atoms with Gasteiger partial charge < -0.3 is 5.11 Å². The molecule has 1 heterocycles. The van der Waals surface area contributed by atoms with Crippen LogP contribution < -0.4 is 0 Å². The van der Waals surface area contributed by atoms with Crippen molar-refractivity contribution in [2.75, 3.05) is 0 Å². The van der Waals surface area contributed by atoms with Crippen molar-refractivity contribution >= 4 is 11.9 Å². The molecule has 2 rings (SSSR count). The van der Waals surface area contributed by atoms with Gasteiger partial charge in [-0.3, -0.25) is 0 Å². The first-order chi connectivity index (χ1) is 5.88. The van der Waals surface area contributed by atoms with Gasteiger partial charge in [-0.25, -0.2) is 0 Å². The lowest BCUT2D eigenvalue weighted by atomic mass is 10.1. The summed E-state index contributed by atoms with van der Waals surface area (Å²) in [7, 11) is 0. The number of nitrogens with zero attached hydrogens (tertiary/aromatic N) is 2. The van der Waals surface area contributed by atoms with Crippen LogP contribution in [-0.4, -0.2) is 17.0 Å². The Morgan fingerprint density at radius 3 is 2.75 bits per heavy atom. The Morgan fingerprint density at radius 1 is 1.25 bits per heavy atom. The molecule has 0 saturated carbocycles. The number of rotatable bonds is 1. The van der Waals surface area contributed by atoms with E-state index in [9.17, 15) is 5.11 Å². The molecule has 0 radical (unpaired) electrons. The summed E-state index contributed by atoms with van der Waals surface area (Å²) in [5.74, 6) is 0.266. The lowest BCUT2D eigenvalue weighted by Gasteiger charge is -2.00. The molecule has 0 atom stereocenters. The van der Waals surface area contributed by atoms with Crippen LogP contribution in [0.25, 0.3) is 0 Å². The SMILES string of the molecule is Oc1ccccc1C1=NN=CC1. The van der Waals surface area contributed by atoms with Gasteiger partial charge in [0.05, 0.1) is 5.71 Å². The number of hydrogen-bond donors (Lipinski definition) is 1. The molecule has 0 amide bonds. The summed E-state index contributed by atoms with van der Waals surface area (Å²) in [5.41, 5.74) is 1.60. The second kappa shape index (κ2) is 2.77. The maximum atomic E-state index is 9.43. The third-order valence-corrected chi connectivity index (χ3v) is 1.76. The van der Waals surface area contributed by atoms with E-state index in [2.05, 4.69) is 10.2 Å². The fourth-order valence-electron chi connectivity index (χ4n) is 1.16. The minimum Gasteiger partial charge on any atom is -0.507 e. The molecule has 1 aliphatic heterocycles. The molecule has 1 aliphatic rings. The molecular formula is C9H8N2O. The molecule has 0 saturated heterocycles. The minimum absolute atomic E-state index is 0.266. The molecule has 0 aliphatic carbocycles. The number of aromatic hydroxyl groups is 1. The van der Waals surface area contributed by atoms with Gasteiger partial charge in [0.25, 0.3) is 0 Å². The molecule has 12 heavy (non-hydrogen) atoms. The fraction of sp³-hybridized carbons (Fsp3) is 0.111. The summed E-state index contributed by atoms with van der Waals surface area (Å²) in [5, 5.41) is 17.1. The van der Waals surface area contributed by atoms with Crippen molar-refractivity contribution in [3.8, 4) is 5.75 Å². The zero-order valence-corrected chi connectivity index (χ0v) is 6.44. The standard InChI is InChI=1S/C9H8N2O/c12-9-4-2-1-3-7(9)8-5-6-10-11-8/h1-4,6,12H,5H2. The average molecular weight is 160 g/mol. The van der Waals surface area contributed by atoms with Crippen molar-refractivity contribution in [2.24, 2.45) is 10.2 Å². The molecule has 0 fully saturated rings. The highest BCUT2D eigenvalue weighted by Gasteiger charge is 2.09. The summed E-state index contributed by atoms with van der Waals surface area (Å²) < 4.78 is 0. The molecule has 0 bridgehead atoms. The first-order valence-electron chi connectivity index (χ1n) is 3.74. The zero-order valence-electron chi connectivity index (χ0n) is 6.44. The first-order valence-corrected chi connectivity index (χ1v) is 3.74. The van der Waals surface area contributed by atoms with Gasteiger partial charge in [-0.2, -0.15) is 10.2 Å². The molecular weight excluding hydrogens is 152 g/mol. The predicted octanol–water partition coefficient (Wildman–Crippen LogP) is 1.57. The largest absolute Gasteiger partial charge is 0.507 e. The van der Waals surface area contributed by atoms with Crippen LogP contribution in [0.2, 0.25) is 0 Å². The van der Waals surface area contributed by atoms with Crippen LogP contribution in [0.5, 0.6) is 5.75 Å². The van der Waals surface area contributed by atoms with Crippen LogP contribution in [0.4, 0.5) is 0 Å². The lowest BCUT2D eigenvalue weighted by Crippen LogP contribution is -1.97. The minimum atomic E-state index is 0.266. The maximum absolute atomic E-state index is 9.43. The van der Waals surface area contributed by atoms with Gasteiger partial charge in [0.2, 0.25) is 0 Å². The van der Waals surface area contributed by atoms with E-state index in [0.717, 1.165) is 11.3 Å². The van der Waals surface area contributed by atoms with E-state index in [1.54, 1.807) is 18.3 Å². The van der Waals surface area contributed by atoms with E-state index in [-0.39, 0.29) is 5.75 Å². The second-order valence-electron chi connectivity index (χ2n) is 2.57. The Hall–Kier alpha value is -1.64. The molecule has 1 N–H and O–H groups in total. The van der Waals surface area contributed by atoms with E-state index >= 15 is 0 Å². The Balaban J connectivity index is 2.40. The molecule has 0 aromatic heterocycles. The van der Waals surface area contributed by atoms with Gasteiger partial charge in [0, 0.05) is 18.2 Å². The van der Waals surface area contributed by atoms with E-state index in [4.69, 9.17) is 0 Å². The van der Waals surface area contributed by atoms with E-state index in [0.29, 0.717) is 6.42 Å². The number of benzene rings is 1. The quantitative estimate of drug-likeness (QED) is 0.665. The Morgan fingerprint density at radius 2 is 2.08 bits per heavy atom. The van der Waals surface area contributed by atoms with Crippen LogP contribution in [0.15, 0.2) is 34.5 Å². The van der Waals surface area contributed by atoms with E-state index in [1.165, 1.54) is 0 Å². The van der Waals surface area contributed by atoms with Crippen molar-refractivity contribution in [1.29, 1.82) is 0 Å². The predicted molar refractivity (Wildman–Crippen MR) is 47.8 cm³/mol. The average Bonchev–Trinajstić information content (AvgIpc) is 2.57. The van der Waals surface area contributed by atoms with Gasteiger partial charge in [0.15, 0.2) is 0 Å². The summed E-state index contributed by atoms with van der Waals surface area (Å²) in [4.78, 5) is 0. The second-order valence-corrected chi connectivity index (χ2v) is 2.57. The smallest absolute Gasteiger partial charge is 0.124 e. The topological polar surface area (TPSA) is 45.0 Å². The van der Waals surface area contributed by atoms with Crippen LogP contribution in [0, 0.1) is 0 Å². The Bertz CT molecular complexity index is 355. The third kappa shape index (κ3) is 1.09. The summed E-state index contributed by atoms with van der Waals surface area (Å²) >= 11 is 0. The number of para-hydroxylation sites is 1. The van der Waals surface area contributed by atoms with Gasteiger partial charge in [-0.1, -0.05) is 12.1 Å². The monoisotopic (exact) mass is 160 g/mol. The molecule has 1 aromatic rings. The third-order valence-electron chi connectivity index (χ3n) is 1.76. The van der Waals surface area contributed by atoms with Crippen LogP contribution in [0.1, 0.15) is 12.0 Å². The molecule has 3 heteroatoms. The molecule has 60 valence electrons. The van der Waals surface area contributed by atoms with Crippen molar-refractivity contribution < 1.29 is 5.11 Å². The van der Waals surface area contributed by atoms with Crippen molar-refractivity contribution in [3.63, 3.8) is 0 Å². The van der Waals surface area contributed by atoms with Crippen LogP contribution in [0.3, 0.4) is 0 Å². The zero-order chi connectivity index (χ0) is 8.39. The first kappa shape index (κ1) is 7.03. The van der Waals surface area contributed by atoms with E-state index < -0.39 is 0 Å². The van der Waals surface area contributed by atoms with Gasteiger partial charge in [-0.15, -0.1) is 0 Å². The van der Waals surface area contributed by atoms with Crippen LogP contribution >= 0.6 is 0 Å². The maximum Gasteiger partial charge on any atom is 0.124 e. The summed E-state index contributed by atoms with van der Waals surface area (Å²) in [6.45, 7) is 0. The lowest BCUT2D eigenvalue weighted by molar-refractivity contribution is 0.474. The van der Waals surface area contributed by atoms with E-state index in [1.807, 2.05) is 12.1 Å². The fourth-order valence-corrected chi connectivity index (χ4v) is 1.16. The number of hydrogen-bond acceptors (Lipinski definition) is 3. The Labute approximate surface area is 70.1 Å². The highest BCUT2D eigenvalue weighted by molar-refractivity contribution is 6.10. The highest BCUT2D eigenvalue weighted by atomic mass is 16.3. The number of phenolic OH excluding ortho intramolecular Hbond substituents is 1. The van der Waals surface area contributed by atoms with Crippen molar-refractivity contribution in [1.82, 2.24) is 0 Å². The van der Waals surface area contributed by atoms with Gasteiger partial charge in [-0.05, 0) is 12.1 Å². The number of phenols is 1. The molecule has 1 aromatic carbocycles. The highest BCUT2D eigenvalue weighted by Crippen LogP contribution is 2.19. The van der Waals surface area contributed by atoms with Crippen LogP contribution in [-0.2, 0) is 0 Å². The Kier molecular flexibility index (Phi) is 1.63. The van der Waals surface area contributed by atoms with Gasteiger partial charge in [0.1, 0.15) is 5.75 Å². The summed E-state index contributed by atoms with van der Waals surface area (Å²) in [6.07, 6.45) is 2.43. The molecule has 0 unspecified atom stereocenters. The van der Waals surface area contributed by atoms with Crippen molar-refractivity contribution in [2.45, 2.75) is 6.42 Å². The molecule has 3 nitrogen and oxygen atoms in total. The molecule has 0 spiro atoms. The summed E-state index contributed by atoms with van der Waals surface area (Å²) in [6, 6.07) is 7.14. The van der Waals surface area contributed by atoms with Gasteiger partial charge >= 0.3 is 0 Å².